The number of likely N-dealkylation sites (tertiary alicyclic amines) is 1. The van der Waals surface area contributed by atoms with Crippen LogP contribution in [-0.4, -0.2) is 65.0 Å². The highest BCUT2D eigenvalue weighted by molar-refractivity contribution is 8.00. The van der Waals surface area contributed by atoms with Gasteiger partial charge in [-0.2, -0.15) is 0 Å². The number of ether oxygens (including phenoxy) is 1. The lowest BCUT2D eigenvalue weighted by Gasteiger charge is -2.38. The Balaban J connectivity index is 1.95. The lowest BCUT2D eigenvalue weighted by atomic mass is 10.0. The number of aromatic nitrogens is 1. The van der Waals surface area contributed by atoms with E-state index < -0.39 is 0 Å². The fraction of sp³-hybridized carbons (Fsp3) is 0.727. The van der Waals surface area contributed by atoms with Crippen molar-refractivity contribution >= 4 is 17.7 Å². The van der Waals surface area contributed by atoms with E-state index in [9.17, 15) is 4.79 Å². The Kier molecular flexibility index (Phi) is 8.62. The van der Waals surface area contributed by atoms with Gasteiger partial charge in [0, 0.05) is 50.0 Å². The maximum absolute atomic E-state index is 13.0. The molecule has 1 saturated heterocycles. The summed E-state index contributed by atoms with van der Waals surface area (Å²) in [6, 6.07) is 0.337. The van der Waals surface area contributed by atoms with Crippen molar-refractivity contribution in [3.63, 3.8) is 0 Å². The lowest BCUT2D eigenvalue weighted by Crippen LogP contribution is -2.48. The monoisotopic (exact) mass is 407 g/mol. The predicted molar refractivity (Wildman–Crippen MR) is 118 cm³/mol. The van der Waals surface area contributed by atoms with Gasteiger partial charge < -0.3 is 9.64 Å². The summed E-state index contributed by atoms with van der Waals surface area (Å²) < 4.78 is 5.54. The number of pyridine rings is 1. The first kappa shape index (κ1) is 23.0. The van der Waals surface area contributed by atoms with Crippen molar-refractivity contribution in [3.05, 3.63) is 23.0 Å². The average molecular weight is 408 g/mol. The number of methoxy groups -OCH3 is 1. The zero-order valence-corrected chi connectivity index (χ0v) is 19.4. The van der Waals surface area contributed by atoms with Gasteiger partial charge in [0.2, 0.25) is 5.91 Å². The van der Waals surface area contributed by atoms with Gasteiger partial charge >= 0.3 is 0 Å². The molecule has 0 aliphatic carbocycles. The van der Waals surface area contributed by atoms with Crippen molar-refractivity contribution < 1.29 is 9.53 Å². The Hall–Kier alpha value is -1.27. The highest BCUT2D eigenvalue weighted by atomic mass is 32.2. The van der Waals surface area contributed by atoms with E-state index in [1.54, 1.807) is 18.9 Å². The molecule has 0 N–H and O–H groups in total. The minimum atomic E-state index is 0.0694. The molecular weight excluding hydrogens is 370 g/mol. The number of carbonyl (C=O) groups is 1. The van der Waals surface area contributed by atoms with Gasteiger partial charge in [0.05, 0.1) is 18.1 Å². The molecule has 0 radical (unpaired) electrons. The number of amides is 1. The summed E-state index contributed by atoms with van der Waals surface area (Å²) >= 11 is 1.77. The molecule has 1 aromatic rings. The van der Waals surface area contributed by atoms with Crippen molar-refractivity contribution in [3.8, 4) is 5.75 Å². The van der Waals surface area contributed by atoms with Crippen LogP contribution in [0, 0.1) is 19.8 Å². The van der Waals surface area contributed by atoms with E-state index in [2.05, 4.69) is 37.6 Å². The molecular formula is C22H37N3O2S. The van der Waals surface area contributed by atoms with E-state index in [1.165, 1.54) is 0 Å². The third-order valence-electron chi connectivity index (χ3n) is 5.77. The third-order valence-corrected chi connectivity index (χ3v) is 7.21. The molecule has 1 aromatic heterocycles. The summed E-state index contributed by atoms with van der Waals surface area (Å²) in [6.45, 7) is 13.4. The van der Waals surface area contributed by atoms with Crippen LogP contribution in [0.15, 0.2) is 6.20 Å². The Morgan fingerprint density at radius 1 is 1.36 bits per heavy atom. The first-order chi connectivity index (χ1) is 13.3. The van der Waals surface area contributed by atoms with Crippen molar-refractivity contribution in [1.82, 2.24) is 14.8 Å². The van der Waals surface area contributed by atoms with Gasteiger partial charge in [-0.3, -0.25) is 14.7 Å². The zero-order valence-electron chi connectivity index (χ0n) is 18.6. The van der Waals surface area contributed by atoms with Gasteiger partial charge in [-0.15, -0.1) is 11.8 Å². The summed E-state index contributed by atoms with van der Waals surface area (Å²) in [4.78, 5) is 22.1. The molecule has 2 rings (SSSR count). The van der Waals surface area contributed by atoms with Crippen LogP contribution >= 0.6 is 11.8 Å². The molecule has 1 amide bonds. The summed E-state index contributed by atoms with van der Waals surface area (Å²) in [6.07, 6.45) is 3.94. The van der Waals surface area contributed by atoms with E-state index in [0.29, 0.717) is 17.9 Å². The maximum Gasteiger partial charge on any atom is 0.235 e. The second-order valence-electron chi connectivity index (χ2n) is 8.12. The fourth-order valence-electron chi connectivity index (χ4n) is 4.02. The number of aryl methyl sites for hydroxylation is 1. The minimum Gasteiger partial charge on any atom is -0.496 e. The molecule has 5 nitrogen and oxygen atoms in total. The maximum atomic E-state index is 13.0. The SMILES string of the molecule is CCSC(C(=O)N(C)C1CCN(Cc2ncc(C)c(OC)c2C)CC1)C(C)C. The molecule has 1 aliphatic heterocycles. The molecule has 28 heavy (non-hydrogen) atoms. The predicted octanol–water partition coefficient (Wildman–Crippen LogP) is 3.91. The van der Waals surface area contributed by atoms with E-state index in [0.717, 1.165) is 60.8 Å². The van der Waals surface area contributed by atoms with Crippen LogP contribution in [0.4, 0.5) is 0 Å². The Morgan fingerprint density at radius 3 is 2.54 bits per heavy atom. The second kappa shape index (κ2) is 10.5. The number of thioether (sulfide) groups is 1. The molecule has 0 spiro atoms. The molecule has 1 aliphatic rings. The van der Waals surface area contributed by atoms with Gasteiger partial charge in [0.1, 0.15) is 5.75 Å². The van der Waals surface area contributed by atoms with Crippen molar-refractivity contribution in [2.45, 2.75) is 65.3 Å². The summed E-state index contributed by atoms with van der Waals surface area (Å²) in [5.41, 5.74) is 3.30. The Morgan fingerprint density at radius 2 is 2.00 bits per heavy atom. The fourth-order valence-corrected chi connectivity index (χ4v) is 5.07. The van der Waals surface area contributed by atoms with Gasteiger partial charge in [-0.25, -0.2) is 0 Å². The minimum absolute atomic E-state index is 0.0694. The number of hydrogen-bond acceptors (Lipinski definition) is 5. The molecule has 1 unspecified atom stereocenters. The number of carbonyl (C=O) groups excluding carboxylic acids is 1. The van der Waals surface area contributed by atoms with Crippen molar-refractivity contribution in [1.29, 1.82) is 0 Å². The molecule has 6 heteroatoms. The van der Waals surface area contributed by atoms with E-state index in [1.807, 2.05) is 25.1 Å². The lowest BCUT2D eigenvalue weighted by molar-refractivity contribution is -0.133. The topological polar surface area (TPSA) is 45.7 Å². The highest BCUT2D eigenvalue weighted by Gasteiger charge is 2.31. The van der Waals surface area contributed by atoms with Crippen LogP contribution in [0.2, 0.25) is 0 Å². The molecule has 0 bridgehead atoms. The Bertz CT molecular complexity index is 657. The first-order valence-electron chi connectivity index (χ1n) is 10.4. The quantitative estimate of drug-likeness (QED) is 0.654. The van der Waals surface area contributed by atoms with Gasteiger partial charge in [0.15, 0.2) is 0 Å². The molecule has 0 aromatic carbocycles. The number of piperidine rings is 1. The van der Waals surface area contributed by atoms with Crippen LogP contribution in [0.3, 0.4) is 0 Å². The molecule has 1 fully saturated rings. The van der Waals surface area contributed by atoms with Crippen LogP contribution in [0.25, 0.3) is 0 Å². The first-order valence-corrected chi connectivity index (χ1v) is 11.4. The largest absolute Gasteiger partial charge is 0.496 e. The smallest absolute Gasteiger partial charge is 0.235 e. The summed E-state index contributed by atoms with van der Waals surface area (Å²) in [7, 11) is 3.71. The van der Waals surface area contributed by atoms with Crippen LogP contribution < -0.4 is 4.74 Å². The van der Waals surface area contributed by atoms with Gasteiger partial charge in [-0.05, 0) is 38.4 Å². The van der Waals surface area contributed by atoms with Crippen LogP contribution in [-0.2, 0) is 11.3 Å². The van der Waals surface area contributed by atoms with E-state index in [-0.39, 0.29) is 5.25 Å². The van der Waals surface area contributed by atoms with Gasteiger partial charge in [-0.1, -0.05) is 20.8 Å². The van der Waals surface area contributed by atoms with E-state index in [4.69, 9.17) is 4.74 Å². The highest BCUT2D eigenvalue weighted by Crippen LogP contribution is 2.27. The number of nitrogens with zero attached hydrogens (tertiary/aromatic N) is 3. The third kappa shape index (κ3) is 5.41. The number of rotatable bonds is 8. The van der Waals surface area contributed by atoms with Crippen LogP contribution in [0.1, 0.15) is 50.4 Å². The number of hydrogen-bond donors (Lipinski definition) is 0. The molecule has 1 atom stereocenters. The molecule has 0 saturated carbocycles. The summed E-state index contributed by atoms with van der Waals surface area (Å²) in [5, 5.41) is 0.0694. The van der Waals surface area contributed by atoms with E-state index >= 15 is 0 Å². The standard InChI is InChI=1S/C22H37N3O2S/c1-8-28-21(15(2)3)22(26)24(6)18-9-11-25(12-10-18)14-19-17(5)20(27-7)16(4)13-23-19/h13,15,18,21H,8-12,14H2,1-7H3. The zero-order chi connectivity index (χ0) is 20.8. The van der Waals surface area contributed by atoms with Crippen molar-refractivity contribution in [2.75, 3.05) is 33.0 Å². The average Bonchev–Trinajstić information content (AvgIpc) is 2.68. The molecule has 2 heterocycles. The normalized spacial score (nSPS) is 17.0. The second-order valence-corrected chi connectivity index (χ2v) is 9.54. The Labute approximate surface area is 175 Å². The van der Waals surface area contributed by atoms with Crippen LogP contribution in [0.5, 0.6) is 5.75 Å². The molecule has 158 valence electrons. The van der Waals surface area contributed by atoms with Crippen molar-refractivity contribution in [2.24, 2.45) is 5.92 Å². The van der Waals surface area contributed by atoms with Gasteiger partial charge in [0.25, 0.3) is 0 Å². The summed E-state index contributed by atoms with van der Waals surface area (Å²) in [5.74, 6) is 2.58.